The summed E-state index contributed by atoms with van der Waals surface area (Å²) in [5, 5.41) is 4.96. The van der Waals surface area contributed by atoms with Crippen LogP contribution < -0.4 is 0 Å². The number of nitrogens with one attached hydrogen (secondary N) is 1. The highest BCUT2D eigenvalue weighted by Gasteiger charge is 2.25. The molecule has 9 heteroatoms. The van der Waals surface area contributed by atoms with Crippen molar-refractivity contribution in [3.05, 3.63) is 71.5 Å². The Bertz CT molecular complexity index is 1370. The maximum Gasteiger partial charge on any atom is 0.227 e. The highest BCUT2D eigenvalue weighted by molar-refractivity contribution is 5.89. The second-order valence-corrected chi connectivity index (χ2v) is 8.77. The van der Waals surface area contributed by atoms with Crippen molar-refractivity contribution in [3.63, 3.8) is 0 Å². The standard InChI is InChI=1S/C26H26FN5O3/c1-17-6-7-18(14-21(17)27)26-29-23(35-30-26)8-9-24(33)31-10-12-32(13-11-31)25(34)15-19-16-28-22-5-3-2-4-20(19)22/h2-7,14,16,28H,8-13,15H2,1H3. The van der Waals surface area contributed by atoms with Gasteiger partial charge in [0.25, 0.3) is 0 Å². The summed E-state index contributed by atoms with van der Waals surface area (Å²) in [6, 6.07) is 12.7. The maximum atomic E-state index is 13.8. The molecule has 1 saturated heterocycles. The van der Waals surface area contributed by atoms with Crippen molar-refractivity contribution in [2.45, 2.75) is 26.2 Å². The minimum Gasteiger partial charge on any atom is -0.361 e. The third-order valence-corrected chi connectivity index (χ3v) is 6.45. The number of halogens is 1. The topological polar surface area (TPSA) is 95.3 Å². The number of aryl methyl sites for hydroxylation is 2. The number of nitrogens with zero attached hydrogens (tertiary/aromatic N) is 4. The van der Waals surface area contributed by atoms with Crippen molar-refractivity contribution in [1.29, 1.82) is 0 Å². The summed E-state index contributed by atoms with van der Waals surface area (Å²) in [6.07, 6.45) is 2.76. The van der Waals surface area contributed by atoms with Gasteiger partial charge in [-0.25, -0.2) is 4.39 Å². The van der Waals surface area contributed by atoms with Crippen molar-refractivity contribution in [1.82, 2.24) is 24.9 Å². The Hall–Kier alpha value is -4.01. The van der Waals surface area contributed by atoms with Crippen LogP contribution in [0.3, 0.4) is 0 Å². The third kappa shape index (κ3) is 4.94. The molecule has 3 heterocycles. The lowest BCUT2D eigenvalue weighted by atomic mass is 10.1. The van der Waals surface area contributed by atoms with E-state index in [1.165, 1.54) is 6.07 Å². The predicted octanol–water partition coefficient (Wildman–Crippen LogP) is 3.51. The molecule has 2 aromatic heterocycles. The van der Waals surface area contributed by atoms with Crippen LogP contribution in [0.2, 0.25) is 0 Å². The SMILES string of the molecule is Cc1ccc(-c2noc(CCC(=O)N3CCN(C(=O)Cc4c[nH]c5ccccc45)CC3)n2)cc1F. The number of hydrogen-bond donors (Lipinski definition) is 1. The zero-order valence-corrected chi connectivity index (χ0v) is 19.5. The number of aromatic amines is 1. The Labute approximate surface area is 201 Å². The van der Waals surface area contributed by atoms with Crippen LogP contribution in [0.1, 0.15) is 23.4 Å². The van der Waals surface area contributed by atoms with Gasteiger partial charge in [0.15, 0.2) is 0 Å². The quantitative estimate of drug-likeness (QED) is 0.461. The molecule has 2 aromatic carbocycles. The number of carbonyl (C=O) groups excluding carboxylic acids is 2. The number of hydrogen-bond acceptors (Lipinski definition) is 5. The first-order chi connectivity index (χ1) is 17.0. The van der Waals surface area contributed by atoms with Gasteiger partial charge in [-0.15, -0.1) is 0 Å². The van der Waals surface area contributed by atoms with E-state index in [2.05, 4.69) is 15.1 Å². The molecule has 0 unspecified atom stereocenters. The van der Waals surface area contributed by atoms with Crippen LogP contribution in [0.5, 0.6) is 0 Å². The molecule has 0 atom stereocenters. The molecule has 1 aliphatic rings. The van der Waals surface area contributed by atoms with Crippen LogP contribution in [0.25, 0.3) is 22.3 Å². The van der Waals surface area contributed by atoms with E-state index in [1.54, 1.807) is 24.0 Å². The monoisotopic (exact) mass is 475 g/mol. The van der Waals surface area contributed by atoms with Gasteiger partial charge < -0.3 is 19.3 Å². The van der Waals surface area contributed by atoms with Gasteiger partial charge in [-0.3, -0.25) is 9.59 Å². The Morgan fingerprint density at radius 1 is 1.06 bits per heavy atom. The van der Waals surface area contributed by atoms with Crippen molar-refractivity contribution in [3.8, 4) is 11.4 Å². The predicted molar refractivity (Wildman–Crippen MR) is 128 cm³/mol. The number of amides is 2. The average molecular weight is 476 g/mol. The summed E-state index contributed by atoms with van der Waals surface area (Å²) >= 11 is 0. The molecule has 0 aliphatic carbocycles. The van der Waals surface area contributed by atoms with E-state index in [0.29, 0.717) is 61.9 Å². The third-order valence-electron chi connectivity index (χ3n) is 6.45. The molecule has 35 heavy (non-hydrogen) atoms. The number of piperazine rings is 1. The summed E-state index contributed by atoms with van der Waals surface area (Å²) in [5.41, 5.74) is 3.08. The summed E-state index contributed by atoms with van der Waals surface area (Å²) in [5.74, 6) is 0.348. The molecular weight excluding hydrogens is 449 g/mol. The fraction of sp³-hybridized carbons (Fsp3) is 0.308. The van der Waals surface area contributed by atoms with E-state index in [1.807, 2.05) is 35.4 Å². The molecule has 1 aliphatic heterocycles. The molecule has 4 aromatic rings. The fourth-order valence-electron chi connectivity index (χ4n) is 4.34. The Morgan fingerprint density at radius 3 is 2.57 bits per heavy atom. The zero-order chi connectivity index (χ0) is 24.4. The van der Waals surface area contributed by atoms with Crippen LogP contribution in [0.15, 0.2) is 53.2 Å². The number of rotatable bonds is 6. The zero-order valence-electron chi connectivity index (χ0n) is 19.5. The molecule has 1 N–H and O–H groups in total. The molecule has 5 rings (SSSR count). The number of aromatic nitrogens is 3. The fourth-order valence-corrected chi connectivity index (χ4v) is 4.34. The summed E-state index contributed by atoms with van der Waals surface area (Å²) in [4.78, 5) is 36.6. The number of benzene rings is 2. The van der Waals surface area contributed by atoms with Gasteiger partial charge >= 0.3 is 0 Å². The van der Waals surface area contributed by atoms with E-state index in [4.69, 9.17) is 4.52 Å². The van der Waals surface area contributed by atoms with Crippen LogP contribution in [0, 0.1) is 12.7 Å². The number of fused-ring (bicyclic) bond motifs is 1. The Balaban J connectivity index is 1.10. The average Bonchev–Trinajstić information content (AvgIpc) is 3.52. The largest absolute Gasteiger partial charge is 0.361 e. The second-order valence-electron chi connectivity index (χ2n) is 8.77. The highest BCUT2D eigenvalue weighted by Crippen LogP contribution is 2.21. The molecular formula is C26H26FN5O3. The van der Waals surface area contributed by atoms with Crippen LogP contribution in [0.4, 0.5) is 4.39 Å². The molecule has 1 fully saturated rings. The van der Waals surface area contributed by atoms with E-state index in [0.717, 1.165) is 16.5 Å². The van der Waals surface area contributed by atoms with Crippen LogP contribution >= 0.6 is 0 Å². The molecule has 0 radical (unpaired) electrons. The molecule has 0 saturated carbocycles. The van der Waals surface area contributed by atoms with Crippen LogP contribution in [-0.2, 0) is 22.4 Å². The van der Waals surface area contributed by atoms with E-state index in [-0.39, 0.29) is 24.1 Å². The number of para-hydroxylation sites is 1. The molecule has 0 spiro atoms. The van der Waals surface area contributed by atoms with Crippen molar-refractivity contribution in [2.24, 2.45) is 0 Å². The van der Waals surface area contributed by atoms with Gasteiger partial charge in [-0.1, -0.05) is 35.5 Å². The second kappa shape index (κ2) is 9.69. The van der Waals surface area contributed by atoms with Crippen molar-refractivity contribution in [2.75, 3.05) is 26.2 Å². The summed E-state index contributed by atoms with van der Waals surface area (Å²) in [7, 11) is 0. The van der Waals surface area contributed by atoms with Gasteiger partial charge in [0.05, 0.1) is 6.42 Å². The van der Waals surface area contributed by atoms with Gasteiger partial charge in [0, 0.05) is 61.7 Å². The van der Waals surface area contributed by atoms with Gasteiger partial charge in [0.1, 0.15) is 5.82 Å². The van der Waals surface area contributed by atoms with E-state index >= 15 is 0 Å². The molecule has 180 valence electrons. The van der Waals surface area contributed by atoms with Crippen LogP contribution in [-0.4, -0.2) is 62.9 Å². The smallest absolute Gasteiger partial charge is 0.227 e. The highest BCUT2D eigenvalue weighted by atomic mass is 19.1. The lowest BCUT2D eigenvalue weighted by Crippen LogP contribution is -2.51. The lowest BCUT2D eigenvalue weighted by Gasteiger charge is -2.34. The summed E-state index contributed by atoms with van der Waals surface area (Å²) in [6.45, 7) is 3.70. The lowest BCUT2D eigenvalue weighted by molar-refractivity contribution is -0.139. The van der Waals surface area contributed by atoms with Gasteiger partial charge in [-0.05, 0) is 30.2 Å². The van der Waals surface area contributed by atoms with Crippen molar-refractivity contribution >= 4 is 22.7 Å². The normalized spacial score (nSPS) is 14.0. The van der Waals surface area contributed by atoms with Gasteiger partial charge in [0.2, 0.25) is 23.5 Å². The van der Waals surface area contributed by atoms with Gasteiger partial charge in [-0.2, -0.15) is 4.98 Å². The molecule has 8 nitrogen and oxygen atoms in total. The maximum absolute atomic E-state index is 13.8. The first kappa shape index (κ1) is 22.8. The Kier molecular flexibility index (Phi) is 6.31. The van der Waals surface area contributed by atoms with E-state index in [9.17, 15) is 14.0 Å². The first-order valence-corrected chi connectivity index (χ1v) is 11.7. The number of carbonyl (C=O) groups is 2. The minimum absolute atomic E-state index is 0.0187. The first-order valence-electron chi connectivity index (χ1n) is 11.7. The summed E-state index contributed by atoms with van der Waals surface area (Å²) < 4.78 is 19.0. The van der Waals surface area contributed by atoms with E-state index < -0.39 is 0 Å². The molecule has 0 bridgehead atoms. The Morgan fingerprint density at radius 2 is 1.80 bits per heavy atom. The number of H-pyrrole nitrogens is 1. The molecule has 2 amide bonds. The van der Waals surface area contributed by atoms with Crippen molar-refractivity contribution < 1.29 is 18.5 Å². The minimum atomic E-state index is -0.330.